The number of methoxy groups -OCH3 is 1. The van der Waals surface area contributed by atoms with Gasteiger partial charge in [-0.1, -0.05) is 0 Å². The van der Waals surface area contributed by atoms with E-state index >= 15 is 0 Å². The first-order chi connectivity index (χ1) is 10.3. The molecule has 0 aliphatic rings. The highest BCUT2D eigenvalue weighted by Gasteiger charge is 2.23. The first-order valence-electron chi connectivity index (χ1n) is 6.28. The van der Waals surface area contributed by atoms with Crippen LogP contribution in [0.3, 0.4) is 0 Å². The molecule has 9 heteroatoms. The molecular weight excluding hydrogens is 312 g/mol. The van der Waals surface area contributed by atoms with E-state index in [1.807, 2.05) is 0 Å². The van der Waals surface area contributed by atoms with Gasteiger partial charge in [0.1, 0.15) is 0 Å². The normalized spacial score (nSPS) is 13.2. The lowest BCUT2D eigenvalue weighted by Crippen LogP contribution is -2.46. The molecule has 0 heterocycles. The average molecular weight is 328 g/mol. The summed E-state index contributed by atoms with van der Waals surface area (Å²) < 4.78 is 4.73. The van der Waals surface area contributed by atoms with Gasteiger partial charge in [0.2, 0.25) is 5.91 Å². The minimum Gasteiger partial charge on any atom is -0.480 e. The van der Waals surface area contributed by atoms with Crippen LogP contribution in [0.1, 0.15) is 6.92 Å². The molecule has 22 heavy (non-hydrogen) atoms. The zero-order valence-electron chi connectivity index (χ0n) is 12.0. The summed E-state index contributed by atoms with van der Waals surface area (Å²) in [5.41, 5.74) is -0.0347. The zero-order chi connectivity index (χ0) is 16.7. The van der Waals surface area contributed by atoms with Crippen LogP contribution in [0.4, 0.5) is 5.69 Å². The number of hydrogen-bond acceptors (Lipinski definition) is 6. The molecule has 120 valence electrons. The van der Waals surface area contributed by atoms with Crippen molar-refractivity contribution in [2.45, 2.75) is 23.1 Å². The summed E-state index contributed by atoms with van der Waals surface area (Å²) in [7, 11) is 1.34. The molecule has 0 aliphatic heterocycles. The molecule has 8 nitrogen and oxygen atoms in total. The molecular formula is C13H16N2O6S. The number of aliphatic carboxylic acids is 1. The molecule has 1 aromatic rings. The summed E-state index contributed by atoms with van der Waals surface area (Å²) in [5.74, 6) is -1.63. The Balaban J connectivity index is 2.63. The standard InChI is InChI=1S/C13H16N2O6S/c1-8(12(16)14-11(7-21-2)13(17)18)22-10-5-3-9(4-6-10)15(19)20/h3-6,8,11H,7H2,1-2H3,(H,14,16)(H,17,18). The Bertz CT molecular complexity index is 548. The highest BCUT2D eigenvalue weighted by molar-refractivity contribution is 8.00. The second-order valence-corrected chi connectivity index (χ2v) is 5.78. The quantitative estimate of drug-likeness (QED) is 0.419. The third kappa shape index (κ3) is 5.34. The van der Waals surface area contributed by atoms with E-state index in [0.717, 1.165) is 0 Å². The van der Waals surface area contributed by atoms with E-state index < -0.39 is 28.1 Å². The number of carbonyl (C=O) groups is 2. The molecule has 0 radical (unpaired) electrons. The predicted molar refractivity (Wildman–Crippen MR) is 79.9 cm³/mol. The number of carboxylic acid groups (broad SMARTS) is 1. The van der Waals surface area contributed by atoms with Gasteiger partial charge in [-0.15, -0.1) is 11.8 Å². The minimum atomic E-state index is -1.18. The van der Waals surface area contributed by atoms with Crippen molar-refractivity contribution in [1.82, 2.24) is 5.32 Å². The Hall–Kier alpha value is -2.13. The second-order valence-electron chi connectivity index (χ2n) is 4.37. The van der Waals surface area contributed by atoms with Gasteiger partial charge in [0.15, 0.2) is 6.04 Å². The lowest BCUT2D eigenvalue weighted by Gasteiger charge is -2.17. The third-order valence-corrected chi connectivity index (χ3v) is 3.79. The van der Waals surface area contributed by atoms with Crippen molar-refractivity contribution in [2.75, 3.05) is 13.7 Å². The fourth-order valence-corrected chi connectivity index (χ4v) is 2.41. The van der Waals surface area contributed by atoms with Gasteiger partial charge in [0.25, 0.3) is 5.69 Å². The summed E-state index contributed by atoms with van der Waals surface area (Å²) >= 11 is 1.18. The number of rotatable bonds is 8. The van der Waals surface area contributed by atoms with Crippen LogP contribution in [0.2, 0.25) is 0 Å². The molecule has 2 unspecified atom stereocenters. The number of carboxylic acids is 1. The average Bonchev–Trinajstić information content (AvgIpc) is 2.47. The van der Waals surface area contributed by atoms with Crippen molar-refractivity contribution < 1.29 is 24.4 Å². The van der Waals surface area contributed by atoms with E-state index in [-0.39, 0.29) is 12.3 Å². The maximum Gasteiger partial charge on any atom is 0.328 e. The summed E-state index contributed by atoms with van der Waals surface area (Å²) in [4.78, 5) is 33.6. The molecule has 1 rings (SSSR count). The maximum absolute atomic E-state index is 12.0. The Morgan fingerprint density at radius 1 is 1.41 bits per heavy atom. The molecule has 0 bridgehead atoms. The highest BCUT2D eigenvalue weighted by Crippen LogP contribution is 2.25. The van der Waals surface area contributed by atoms with Crippen LogP contribution in [-0.4, -0.2) is 46.9 Å². The van der Waals surface area contributed by atoms with E-state index in [0.29, 0.717) is 4.90 Å². The Labute approximate surface area is 131 Å². The van der Waals surface area contributed by atoms with Gasteiger partial charge in [-0.05, 0) is 19.1 Å². The number of hydrogen-bond donors (Lipinski definition) is 2. The number of nitrogens with zero attached hydrogens (tertiary/aromatic N) is 1. The molecule has 1 amide bonds. The van der Waals surface area contributed by atoms with Gasteiger partial charge in [0.05, 0.1) is 16.8 Å². The molecule has 1 aromatic carbocycles. The van der Waals surface area contributed by atoms with Crippen LogP contribution >= 0.6 is 11.8 Å². The number of benzene rings is 1. The number of amides is 1. The van der Waals surface area contributed by atoms with Crippen LogP contribution in [-0.2, 0) is 14.3 Å². The first kappa shape index (κ1) is 17.9. The van der Waals surface area contributed by atoms with Crippen molar-refractivity contribution in [3.05, 3.63) is 34.4 Å². The predicted octanol–water partition coefficient (Wildman–Crippen LogP) is 1.29. The van der Waals surface area contributed by atoms with Gasteiger partial charge >= 0.3 is 5.97 Å². The summed E-state index contributed by atoms with van der Waals surface area (Å²) in [6, 6.07) is 4.65. The molecule has 0 saturated carbocycles. The van der Waals surface area contributed by atoms with Crippen molar-refractivity contribution in [3.63, 3.8) is 0 Å². The molecule has 2 atom stereocenters. The SMILES string of the molecule is COCC(NC(=O)C(C)Sc1ccc([N+](=O)[O-])cc1)C(=O)O. The second kappa shape index (κ2) is 8.35. The fraction of sp³-hybridized carbons (Fsp3) is 0.385. The Morgan fingerprint density at radius 3 is 2.45 bits per heavy atom. The lowest BCUT2D eigenvalue weighted by atomic mass is 10.3. The van der Waals surface area contributed by atoms with E-state index in [1.165, 1.54) is 43.1 Å². The summed E-state index contributed by atoms with van der Waals surface area (Å²) in [5, 5.41) is 21.3. The molecule has 0 aliphatic carbocycles. The van der Waals surface area contributed by atoms with Crippen molar-refractivity contribution in [1.29, 1.82) is 0 Å². The molecule has 0 saturated heterocycles. The van der Waals surface area contributed by atoms with Crippen LogP contribution in [0.15, 0.2) is 29.2 Å². The topological polar surface area (TPSA) is 119 Å². The van der Waals surface area contributed by atoms with Crippen molar-refractivity contribution >= 4 is 29.3 Å². The first-order valence-corrected chi connectivity index (χ1v) is 7.16. The van der Waals surface area contributed by atoms with Gasteiger partial charge in [-0.2, -0.15) is 0 Å². The van der Waals surface area contributed by atoms with Gasteiger partial charge < -0.3 is 15.2 Å². The van der Waals surface area contributed by atoms with Gasteiger partial charge in [-0.25, -0.2) is 4.79 Å². The summed E-state index contributed by atoms with van der Waals surface area (Å²) in [6.07, 6.45) is 0. The fourth-order valence-electron chi connectivity index (χ4n) is 1.53. The molecule has 0 fully saturated rings. The number of ether oxygens (including phenoxy) is 1. The molecule has 0 aromatic heterocycles. The number of nitro groups is 1. The Morgan fingerprint density at radius 2 is 2.00 bits per heavy atom. The lowest BCUT2D eigenvalue weighted by molar-refractivity contribution is -0.384. The van der Waals surface area contributed by atoms with E-state index in [1.54, 1.807) is 6.92 Å². The van der Waals surface area contributed by atoms with Crippen LogP contribution in [0, 0.1) is 10.1 Å². The largest absolute Gasteiger partial charge is 0.480 e. The third-order valence-electron chi connectivity index (χ3n) is 2.68. The van der Waals surface area contributed by atoms with E-state index in [2.05, 4.69) is 5.32 Å². The van der Waals surface area contributed by atoms with E-state index in [9.17, 15) is 19.7 Å². The number of non-ortho nitro benzene ring substituents is 1. The Kier molecular flexibility index (Phi) is 6.80. The smallest absolute Gasteiger partial charge is 0.328 e. The van der Waals surface area contributed by atoms with Gasteiger partial charge in [0, 0.05) is 24.1 Å². The minimum absolute atomic E-state index is 0.0347. The van der Waals surface area contributed by atoms with Crippen LogP contribution < -0.4 is 5.32 Å². The zero-order valence-corrected chi connectivity index (χ0v) is 12.8. The highest BCUT2D eigenvalue weighted by atomic mass is 32.2. The number of carbonyl (C=O) groups excluding carboxylic acids is 1. The van der Waals surface area contributed by atoms with Crippen molar-refractivity contribution in [2.24, 2.45) is 0 Å². The van der Waals surface area contributed by atoms with Crippen molar-refractivity contribution in [3.8, 4) is 0 Å². The molecule has 2 N–H and O–H groups in total. The monoisotopic (exact) mass is 328 g/mol. The number of thioether (sulfide) groups is 1. The number of nitrogens with one attached hydrogen (secondary N) is 1. The molecule has 0 spiro atoms. The van der Waals surface area contributed by atoms with Crippen LogP contribution in [0.25, 0.3) is 0 Å². The number of nitro benzene ring substituents is 1. The van der Waals surface area contributed by atoms with Gasteiger partial charge in [-0.3, -0.25) is 14.9 Å². The summed E-state index contributed by atoms with van der Waals surface area (Å²) in [6.45, 7) is 1.49. The van der Waals surface area contributed by atoms with Crippen LogP contribution in [0.5, 0.6) is 0 Å². The maximum atomic E-state index is 12.0. The van der Waals surface area contributed by atoms with E-state index in [4.69, 9.17) is 9.84 Å².